The van der Waals surface area contributed by atoms with Crippen molar-refractivity contribution in [3.05, 3.63) is 42.0 Å². The third-order valence-electron chi connectivity index (χ3n) is 2.23. The van der Waals surface area contributed by atoms with Gasteiger partial charge in [0, 0.05) is 5.56 Å². The molecule has 2 aromatic rings. The van der Waals surface area contributed by atoms with Gasteiger partial charge in [-0.05, 0) is 13.0 Å². The van der Waals surface area contributed by atoms with Crippen LogP contribution in [0.3, 0.4) is 0 Å². The van der Waals surface area contributed by atoms with Crippen molar-refractivity contribution in [3.8, 4) is 5.75 Å². The van der Waals surface area contributed by atoms with E-state index in [1.54, 1.807) is 18.1 Å². The van der Waals surface area contributed by atoms with E-state index in [9.17, 15) is 0 Å². The average molecular weight is 203 g/mol. The van der Waals surface area contributed by atoms with Gasteiger partial charge >= 0.3 is 0 Å². The highest BCUT2D eigenvalue weighted by Crippen LogP contribution is 2.20. The maximum Gasteiger partial charge on any atom is 0.137 e. The molecule has 2 rings (SSSR count). The van der Waals surface area contributed by atoms with E-state index in [-0.39, 0.29) is 0 Å². The molecule has 4 nitrogen and oxygen atoms in total. The van der Waals surface area contributed by atoms with Gasteiger partial charge in [-0.15, -0.1) is 0 Å². The Morgan fingerprint density at radius 2 is 2.27 bits per heavy atom. The number of hydrogen-bond donors (Lipinski definition) is 0. The van der Waals surface area contributed by atoms with E-state index in [2.05, 4.69) is 23.1 Å². The SMILES string of the molecule is COc1ccc(C)cc1Cn1cncn1. The molecule has 0 aliphatic carbocycles. The first-order chi connectivity index (χ1) is 7.29. The third-order valence-corrected chi connectivity index (χ3v) is 2.23. The molecule has 0 bridgehead atoms. The summed E-state index contributed by atoms with van der Waals surface area (Å²) in [7, 11) is 1.68. The van der Waals surface area contributed by atoms with Crippen LogP contribution in [0.25, 0.3) is 0 Å². The first-order valence-corrected chi connectivity index (χ1v) is 4.75. The van der Waals surface area contributed by atoms with Crippen LogP contribution in [-0.2, 0) is 6.54 Å². The van der Waals surface area contributed by atoms with Crippen LogP contribution in [0.5, 0.6) is 5.75 Å². The van der Waals surface area contributed by atoms with Gasteiger partial charge in [-0.25, -0.2) is 9.67 Å². The fraction of sp³-hybridized carbons (Fsp3) is 0.273. The lowest BCUT2D eigenvalue weighted by Gasteiger charge is -2.08. The lowest BCUT2D eigenvalue weighted by atomic mass is 10.1. The van der Waals surface area contributed by atoms with E-state index >= 15 is 0 Å². The molecule has 0 unspecified atom stereocenters. The van der Waals surface area contributed by atoms with Gasteiger partial charge in [-0.3, -0.25) is 0 Å². The van der Waals surface area contributed by atoms with Gasteiger partial charge in [0.05, 0.1) is 13.7 Å². The zero-order valence-electron chi connectivity index (χ0n) is 8.84. The number of hydrogen-bond acceptors (Lipinski definition) is 3. The maximum absolute atomic E-state index is 5.29. The molecule has 1 aromatic carbocycles. The highest BCUT2D eigenvalue weighted by Gasteiger charge is 2.03. The molecular formula is C11H13N3O. The number of nitrogens with zero attached hydrogens (tertiary/aromatic N) is 3. The molecule has 0 aliphatic heterocycles. The largest absolute Gasteiger partial charge is 0.496 e. The van der Waals surface area contributed by atoms with Crippen LogP contribution >= 0.6 is 0 Å². The summed E-state index contributed by atoms with van der Waals surface area (Å²) in [5.41, 5.74) is 2.33. The summed E-state index contributed by atoms with van der Waals surface area (Å²) in [4.78, 5) is 3.91. The van der Waals surface area contributed by atoms with Crippen LogP contribution in [0.2, 0.25) is 0 Å². The second-order valence-electron chi connectivity index (χ2n) is 3.41. The molecule has 1 heterocycles. The summed E-state index contributed by atoms with van der Waals surface area (Å²) >= 11 is 0. The quantitative estimate of drug-likeness (QED) is 0.761. The van der Waals surface area contributed by atoms with Gasteiger partial charge in [0.2, 0.25) is 0 Å². The van der Waals surface area contributed by atoms with Crippen LogP contribution in [0.1, 0.15) is 11.1 Å². The summed E-state index contributed by atoms with van der Waals surface area (Å²) in [5, 5.41) is 4.07. The first kappa shape index (κ1) is 9.71. The molecule has 0 aliphatic rings. The van der Waals surface area contributed by atoms with E-state index in [1.165, 1.54) is 11.9 Å². The Bertz CT molecular complexity index is 437. The monoisotopic (exact) mass is 203 g/mol. The van der Waals surface area contributed by atoms with E-state index in [0.29, 0.717) is 6.54 Å². The van der Waals surface area contributed by atoms with Crippen molar-refractivity contribution in [3.63, 3.8) is 0 Å². The second kappa shape index (κ2) is 4.13. The lowest BCUT2D eigenvalue weighted by molar-refractivity contribution is 0.407. The highest BCUT2D eigenvalue weighted by molar-refractivity contribution is 5.36. The topological polar surface area (TPSA) is 39.9 Å². The van der Waals surface area contributed by atoms with Gasteiger partial charge in [0.15, 0.2) is 0 Å². The normalized spacial score (nSPS) is 10.3. The smallest absolute Gasteiger partial charge is 0.137 e. The van der Waals surface area contributed by atoms with Gasteiger partial charge < -0.3 is 4.74 Å². The Morgan fingerprint density at radius 1 is 1.40 bits per heavy atom. The van der Waals surface area contributed by atoms with Crippen LogP contribution in [0, 0.1) is 6.92 Å². The Balaban J connectivity index is 2.30. The van der Waals surface area contributed by atoms with Crippen LogP contribution in [0.4, 0.5) is 0 Å². The van der Waals surface area contributed by atoms with Crippen molar-refractivity contribution in [2.24, 2.45) is 0 Å². The number of aromatic nitrogens is 3. The van der Waals surface area contributed by atoms with Gasteiger partial charge in [-0.2, -0.15) is 5.10 Å². The van der Waals surface area contributed by atoms with Crippen LogP contribution < -0.4 is 4.74 Å². The first-order valence-electron chi connectivity index (χ1n) is 4.75. The third kappa shape index (κ3) is 2.15. The zero-order valence-corrected chi connectivity index (χ0v) is 8.84. The molecule has 0 saturated carbocycles. The summed E-state index contributed by atoms with van der Waals surface area (Å²) in [6, 6.07) is 6.10. The molecule has 0 fully saturated rings. The fourth-order valence-electron chi connectivity index (χ4n) is 1.52. The van der Waals surface area contributed by atoms with E-state index < -0.39 is 0 Å². The standard InChI is InChI=1S/C11H13N3O/c1-9-3-4-11(15-2)10(5-9)6-14-8-12-7-13-14/h3-5,7-8H,6H2,1-2H3. The molecule has 15 heavy (non-hydrogen) atoms. The van der Waals surface area contributed by atoms with Crippen molar-refractivity contribution in [2.75, 3.05) is 7.11 Å². The Labute approximate surface area is 88.5 Å². The van der Waals surface area contributed by atoms with Crippen molar-refractivity contribution in [2.45, 2.75) is 13.5 Å². The highest BCUT2D eigenvalue weighted by atomic mass is 16.5. The molecule has 78 valence electrons. The zero-order chi connectivity index (χ0) is 10.7. The minimum Gasteiger partial charge on any atom is -0.496 e. The average Bonchev–Trinajstić information content (AvgIpc) is 2.71. The fourth-order valence-corrected chi connectivity index (χ4v) is 1.52. The lowest BCUT2D eigenvalue weighted by Crippen LogP contribution is -2.02. The predicted molar refractivity (Wildman–Crippen MR) is 56.9 cm³/mol. The van der Waals surface area contributed by atoms with Crippen molar-refractivity contribution < 1.29 is 4.74 Å². The minimum absolute atomic E-state index is 0.685. The molecule has 0 saturated heterocycles. The molecular weight excluding hydrogens is 190 g/mol. The van der Waals surface area contributed by atoms with Crippen molar-refractivity contribution >= 4 is 0 Å². The van der Waals surface area contributed by atoms with Crippen LogP contribution in [-0.4, -0.2) is 21.9 Å². The molecule has 0 N–H and O–H groups in total. The molecule has 0 amide bonds. The van der Waals surface area contributed by atoms with Gasteiger partial charge in [0.25, 0.3) is 0 Å². The van der Waals surface area contributed by atoms with Crippen molar-refractivity contribution in [1.82, 2.24) is 14.8 Å². The second-order valence-corrected chi connectivity index (χ2v) is 3.41. The van der Waals surface area contributed by atoms with Crippen molar-refractivity contribution in [1.29, 1.82) is 0 Å². The number of benzene rings is 1. The maximum atomic E-state index is 5.29. The van der Waals surface area contributed by atoms with E-state index in [4.69, 9.17) is 4.74 Å². The van der Waals surface area contributed by atoms with E-state index in [1.807, 2.05) is 12.1 Å². The summed E-state index contributed by atoms with van der Waals surface area (Å²) in [6.07, 6.45) is 3.23. The molecule has 0 atom stereocenters. The molecule has 1 aromatic heterocycles. The van der Waals surface area contributed by atoms with E-state index in [0.717, 1.165) is 11.3 Å². The Hall–Kier alpha value is -1.84. The minimum atomic E-state index is 0.685. The number of aryl methyl sites for hydroxylation is 1. The number of ether oxygens (including phenoxy) is 1. The summed E-state index contributed by atoms with van der Waals surface area (Å²) in [6.45, 7) is 2.75. The summed E-state index contributed by atoms with van der Waals surface area (Å²) in [5.74, 6) is 0.885. The van der Waals surface area contributed by atoms with Gasteiger partial charge in [-0.1, -0.05) is 17.7 Å². The molecule has 0 spiro atoms. The molecule has 0 radical (unpaired) electrons. The Morgan fingerprint density at radius 3 is 2.93 bits per heavy atom. The summed E-state index contributed by atoms with van der Waals surface area (Å²) < 4.78 is 7.06. The van der Waals surface area contributed by atoms with Crippen LogP contribution in [0.15, 0.2) is 30.9 Å². The predicted octanol–water partition coefficient (Wildman–Crippen LogP) is 1.64. The number of rotatable bonds is 3. The number of methoxy groups -OCH3 is 1. The molecule has 4 heteroatoms. The van der Waals surface area contributed by atoms with Gasteiger partial charge in [0.1, 0.15) is 18.4 Å². The Kier molecular flexibility index (Phi) is 2.67.